The number of aromatic nitrogens is 3. The Kier molecular flexibility index (Phi) is 5.74. The van der Waals surface area contributed by atoms with Crippen molar-refractivity contribution in [3.63, 3.8) is 0 Å². The summed E-state index contributed by atoms with van der Waals surface area (Å²) in [5.74, 6) is -0.136. The van der Waals surface area contributed by atoms with E-state index in [-0.39, 0.29) is 35.9 Å². The molecule has 2 aromatic heterocycles. The van der Waals surface area contributed by atoms with Crippen LogP contribution >= 0.6 is 0 Å². The highest BCUT2D eigenvalue weighted by Gasteiger charge is 2.28. The molecule has 1 aliphatic rings. The summed E-state index contributed by atoms with van der Waals surface area (Å²) in [6.45, 7) is 1.37. The number of aryl methyl sites for hydroxylation is 2. The molecule has 5 rings (SSSR count). The van der Waals surface area contributed by atoms with E-state index in [4.69, 9.17) is 4.42 Å². The van der Waals surface area contributed by atoms with Crippen molar-refractivity contribution in [2.45, 2.75) is 37.2 Å². The van der Waals surface area contributed by atoms with Gasteiger partial charge in [0.05, 0.1) is 28.0 Å². The monoisotopic (exact) mass is 483 g/mol. The molecule has 0 bridgehead atoms. The first kappa shape index (κ1) is 22.4. The van der Waals surface area contributed by atoms with E-state index in [0.717, 1.165) is 29.7 Å². The second kappa shape index (κ2) is 8.73. The highest BCUT2D eigenvalue weighted by Crippen LogP contribution is 2.24. The van der Waals surface area contributed by atoms with Gasteiger partial charge in [-0.2, -0.15) is 4.31 Å². The number of rotatable bonds is 7. The van der Waals surface area contributed by atoms with E-state index in [1.54, 1.807) is 6.07 Å². The van der Waals surface area contributed by atoms with Crippen LogP contribution in [0.4, 0.5) is 0 Å². The Balaban J connectivity index is 1.27. The van der Waals surface area contributed by atoms with Crippen LogP contribution in [0, 0.1) is 0 Å². The standard InChI is InChI=1S/C23H25N5O5S/c1-26-18-7-3-2-6-17(18)25-21(26)15-24-22(29)10-13-28-19-9-8-16(14-20(19)33-23(28)30)34(31,32)27-11-4-5-12-27/h2-3,6-9,14H,4-5,10-13,15H2,1H3,(H,24,29). The number of oxazole rings is 1. The number of benzene rings is 2. The topological polar surface area (TPSA) is 119 Å². The van der Waals surface area contributed by atoms with E-state index in [2.05, 4.69) is 10.3 Å². The average molecular weight is 484 g/mol. The maximum Gasteiger partial charge on any atom is 0.419 e. The fraction of sp³-hybridized carbons (Fsp3) is 0.348. The molecule has 1 aliphatic heterocycles. The van der Waals surface area contributed by atoms with Gasteiger partial charge in [-0.3, -0.25) is 9.36 Å². The quantitative estimate of drug-likeness (QED) is 0.429. The first-order valence-electron chi connectivity index (χ1n) is 11.2. The van der Waals surface area contributed by atoms with Gasteiger partial charge in [0.2, 0.25) is 15.9 Å². The molecule has 11 heteroatoms. The molecule has 0 atom stereocenters. The molecular formula is C23H25N5O5S. The lowest BCUT2D eigenvalue weighted by Crippen LogP contribution is -2.27. The molecule has 0 saturated carbocycles. The van der Waals surface area contributed by atoms with E-state index in [9.17, 15) is 18.0 Å². The third kappa shape index (κ3) is 4.01. The number of sulfonamides is 1. The molecule has 0 aliphatic carbocycles. The molecule has 34 heavy (non-hydrogen) atoms. The van der Waals surface area contributed by atoms with Crippen LogP contribution in [0.2, 0.25) is 0 Å². The fourth-order valence-corrected chi connectivity index (χ4v) is 5.86. The number of fused-ring (bicyclic) bond motifs is 2. The van der Waals surface area contributed by atoms with Crippen molar-refractivity contribution in [3.05, 3.63) is 58.8 Å². The van der Waals surface area contributed by atoms with E-state index in [1.165, 1.54) is 21.0 Å². The molecule has 1 N–H and O–H groups in total. The lowest BCUT2D eigenvalue weighted by Gasteiger charge is -2.15. The maximum atomic E-state index is 12.8. The first-order chi connectivity index (χ1) is 16.3. The summed E-state index contributed by atoms with van der Waals surface area (Å²) in [6.07, 6.45) is 1.74. The second-order valence-electron chi connectivity index (χ2n) is 8.36. The van der Waals surface area contributed by atoms with Crippen LogP contribution in [0.1, 0.15) is 25.1 Å². The van der Waals surface area contributed by atoms with E-state index in [1.807, 2.05) is 35.9 Å². The highest BCUT2D eigenvalue weighted by atomic mass is 32.2. The van der Waals surface area contributed by atoms with Crippen LogP contribution in [0.25, 0.3) is 22.1 Å². The van der Waals surface area contributed by atoms with Crippen molar-refractivity contribution in [1.82, 2.24) is 23.7 Å². The van der Waals surface area contributed by atoms with Crippen molar-refractivity contribution in [2.24, 2.45) is 7.05 Å². The van der Waals surface area contributed by atoms with Gasteiger partial charge >= 0.3 is 5.76 Å². The minimum atomic E-state index is -3.62. The smallest absolute Gasteiger partial charge is 0.408 e. The molecule has 1 fully saturated rings. The highest BCUT2D eigenvalue weighted by molar-refractivity contribution is 7.89. The molecule has 0 radical (unpaired) electrons. The summed E-state index contributed by atoms with van der Waals surface area (Å²) in [7, 11) is -1.72. The molecule has 3 heterocycles. The number of carbonyl (C=O) groups excluding carboxylic acids is 1. The Hall–Kier alpha value is -3.44. The van der Waals surface area contributed by atoms with Crippen LogP contribution < -0.4 is 11.1 Å². The van der Waals surface area contributed by atoms with Gasteiger partial charge in [0.15, 0.2) is 5.58 Å². The van der Waals surface area contributed by atoms with Crippen LogP contribution in [0.3, 0.4) is 0 Å². The molecule has 0 spiro atoms. The van der Waals surface area contributed by atoms with Crippen LogP contribution in [-0.2, 0) is 35.0 Å². The predicted molar refractivity (Wildman–Crippen MR) is 126 cm³/mol. The van der Waals surface area contributed by atoms with Gasteiger partial charge in [0.25, 0.3) is 0 Å². The first-order valence-corrected chi connectivity index (χ1v) is 12.6. The van der Waals surface area contributed by atoms with Gasteiger partial charge in [-0.1, -0.05) is 12.1 Å². The fourth-order valence-electron chi connectivity index (χ4n) is 4.33. The van der Waals surface area contributed by atoms with Crippen LogP contribution in [0.15, 0.2) is 56.6 Å². The second-order valence-corrected chi connectivity index (χ2v) is 10.3. The average Bonchev–Trinajstić information content (AvgIpc) is 3.54. The zero-order valence-electron chi connectivity index (χ0n) is 18.7. The van der Waals surface area contributed by atoms with Crippen molar-refractivity contribution >= 4 is 38.1 Å². The summed E-state index contributed by atoms with van der Waals surface area (Å²) in [4.78, 5) is 29.5. The number of hydrogen-bond donors (Lipinski definition) is 1. The Labute approximate surface area is 195 Å². The zero-order valence-corrected chi connectivity index (χ0v) is 19.5. The Bertz CT molecular complexity index is 1540. The van der Waals surface area contributed by atoms with Gasteiger partial charge in [-0.05, 0) is 37.1 Å². The van der Waals surface area contributed by atoms with Crippen molar-refractivity contribution in [2.75, 3.05) is 13.1 Å². The summed E-state index contributed by atoms with van der Waals surface area (Å²) in [5, 5.41) is 2.84. The van der Waals surface area contributed by atoms with Gasteiger partial charge in [-0.15, -0.1) is 0 Å². The van der Waals surface area contributed by atoms with Gasteiger partial charge < -0.3 is 14.3 Å². The Morgan fingerprint density at radius 2 is 1.88 bits per heavy atom. The molecule has 0 unspecified atom stereocenters. The molecule has 1 amide bonds. The van der Waals surface area contributed by atoms with Crippen LogP contribution in [0.5, 0.6) is 0 Å². The largest absolute Gasteiger partial charge is 0.419 e. The summed E-state index contributed by atoms with van der Waals surface area (Å²) >= 11 is 0. The molecule has 4 aromatic rings. The minimum Gasteiger partial charge on any atom is -0.408 e. The summed E-state index contributed by atoms with van der Waals surface area (Å²) in [6, 6.07) is 12.1. The number of para-hydroxylation sites is 2. The summed E-state index contributed by atoms with van der Waals surface area (Å²) < 4.78 is 35.6. The lowest BCUT2D eigenvalue weighted by molar-refractivity contribution is -0.121. The Morgan fingerprint density at radius 3 is 2.65 bits per heavy atom. The maximum absolute atomic E-state index is 12.8. The van der Waals surface area contributed by atoms with Crippen molar-refractivity contribution in [1.29, 1.82) is 0 Å². The predicted octanol–water partition coefficient (Wildman–Crippen LogP) is 1.97. The van der Waals surface area contributed by atoms with Crippen LogP contribution in [-0.4, -0.2) is 45.8 Å². The van der Waals surface area contributed by atoms with Gasteiger partial charge in [0, 0.05) is 39.2 Å². The van der Waals surface area contributed by atoms with Gasteiger partial charge in [0.1, 0.15) is 5.82 Å². The number of nitrogens with zero attached hydrogens (tertiary/aromatic N) is 4. The number of hydrogen-bond acceptors (Lipinski definition) is 6. The summed E-state index contributed by atoms with van der Waals surface area (Å²) in [5.41, 5.74) is 2.48. The van der Waals surface area contributed by atoms with Crippen molar-refractivity contribution in [3.8, 4) is 0 Å². The zero-order chi connectivity index (χ0) is 23.9. The third-order valence-corrected chi connectivity index (χ3v) is 8.12. The third-order valence-electron chi connectivity index (χ3n) is 6.23. The van der Waals surface area contributed by atoms with E-state index < -0.39 is 15.8 Å². The molecule has 10 nitrogen and oxygen atoms in total. The normalized spacial score (nSPS) is 14.9. The lowest BCUT2D eigenvalue weighted by atomic mass is 10.3. The molecule has 2 aromatic carbocycles. The number of carbonyl (C=O) groups is 1. The Morgan fingerprint density at radius 1 is 1.12 bits per heavy atom. The van der Waals surface area contributed by atoms with E-state index in [0.29, 0.717) is 18.6 Å². The number of imidazole rings is 1. The number of amides is 1. The minimum absolute atomic E-state index is 0.0618. The SMILES string of the molecule is Cn1c(CNC(=O)CCn2c(=O)oc3cc(S(=O)(=O)N4CCCC4)ccc32)nc2ccccc21. The molecular weight excluding hydrogens is 458 g/mol. The number of nitrogens with one attached hydrogen (secondary N) is 1. The molecule has 1 saturated heterocycles. The molecule has 178 valence electrons. The van der Waals surface area contributed by atoms with Gasteiger partial charge in [-0.25, -0.2) is 18.2 Å². The van der Waals surface area contributed by atoms with E-state index >= 15 is 0 Å². The van der Waals surface area contributed by atoms with Crippen molar-refractivity contribution < 1.29 is 17.6 Å².